The van der Waals surface area contributed by atoms with Crippen LogP contribution in [0.2, 0.25) is 0 Å². The van der Waals surface area contributed by atoms with Gasteiger partial charge in [-0.3, -0.25) is 33.9 Å². The molecule has 0 radical (unpaired) electrons. The second kappa shape index (κ2) is 13.4. The molecule has 1 spiro atoms. The zero-order valence-corrected chi connectivity index (χ0v) is 28.9. The van der Waals surface area contributed by atoms with Crippen molar-refractivity contribution in [3.8, 4) is 0 Å². The van der Waals surface area contributed by atoms with Crippen molar-refractivity contribution in [1.82, 2.24) is 41.0 Å². The highest BCUT2D eigenvalue weighted by molar-refractivity contribution is 5.99. The first-order chi connectivity index (χ1) is 23.7. The molecule has 15 heteroatoms. The molecule has 1 aromatic rings. The summed E-state index contributed by atoms with van der Waals surface area (Å²) in [6.45, 7) is 9.70. The minimum atomic E-state index is -1.52. The second-order valence-corrected chi connectivity index (χ2v) is 15.6. The quantitative estimate of drug-likeness (QED) is 0.218. The number of aromatic nitrogens is 2. The Hall–Kier alpha value is -4.40. The zero-order chi connectivity index (χ0) is 36.0. The Labute approximate surface area is 291 Å². The summed E-state index contributed by atoms with van der Waals surface area (Å²) in [5.41, 5.74) is -3.33. The number of rotatable bonds is 10. The highest BCUT2D eigenvalue weighted by atomic mass is 16.4. The molecule has 1 aromatic heterocycles. The minimum absolute atomic E-state index is 0.0188. The summed E-state index contributed by atoms with van der Waals surface area (Å²) in [4.78, 5) is 93.2. The number of carbonyl (C=O) groups is 6. The average molecular weight is 693 g/mol. The van der Waals surface area contributed by atoms with Crippen LogP contribution in [0.25, 0.3) is 0 Å². The van der Waals surface area contributed by atoms with Crippen molar-refractivity contribution < 1.29 is 33.9 Å². The van der Waals surface area contributed by atoms with Crippen molar-refractivity contribution in [2.75, 3.05) is 13.1 Å². The first-order valence-corrected chi connectivity index (χ1v) is 17.7. The van der Waals surface area contributed by atoms with E-state index in [1.165, 1.54) is 29.6 Å². The van der Waals surface area contributed by atoms with Gasteiger partial charge < -0.3 is 31.3 Å². The van der Waals surface area contributed by atoms with Gasteiger partial charge in [-0.2, -0.15) is 0 Å². The summed E-state index contributed by atoms with van der Waals surface area (Å²) in [5.74, 6) is -4.25. The largest absolute Gasteiger partial charge is 0.479 e. The fraction of sp³-hybridized carbons (Fsp3) is 0.657. The molecule has 2 aliphatic carbocycles. The number of carboxylic acids is 1. The van der Waals surface area contributed by atoms with Crippen LogP contribution in [0.15, 0.2) is 31.2 Å². The van der Waals surface area contributed by atoms with Crippen molar-refractivity contribution in [2.45, 2.75) is 114 Å². The number of carbonyl (C=O) groups excluding carboxylic acids is 5. The number of nitrogens with one attached hydrogen (secondary N) is 4. The number of likely N-dealkylation sites (tertiary alicyclic amines) is 1. The maximum atomic E-state index is 14.8. The van der Waals surface area contributed by atoms with E-state index in [-0.39, 0.29) is 42.9 Å². The average Bonchev–Trinajstić information content (AvgIpc) is 3.35. The van der Waals surface area contributed by atoms with Crippen LogP contribution in [-0.4, -0.2) is 109 Å². The molecule has 50 heavy (non-hydrogen) atoms. The lowest BCUT2D eigenvalue weighted by molar-refractivity contribution is -0.147. The molecule has 5 fully saturated rings. The summed E-state index contributed by atoms with van der Waals surface area (Å²) in [5, 5.41) is 21.6. The Morgan fingerprint density at radius 3 is 2.42 bits per heavy atom. The van der Waals surface area contributed by atoms with Crippen LogP contribution in [0, 0.1) is 17.3 Å². The van der Waals surface area contributed by atoms with E-state index >= 15 is 0 Å². The van der Waals surface area contributed by atoms with Crippen LogP contribution >= 0.6 is 0 Å². The van der Waals surface area contributed by atoms with Crippen LogP contribution in [0.5, 0.6) is 0 Å². The fourth-order valence-corrected chi connectivity index (χ4v) is 8.45. The zero-order valence-electron chi connectivity index (χ0n) is 28.9. The summed E-state index contributed by atoms with van der Waals surface area (Å²) in [6.07, 6.45) is 11.6. The number of amides is 5. The number of hydrogen-bond donors (Lipinski definition) is 5. The maximum absolute atomic E-state index is 14.8. The van der Waals surface area contributed by atoms with Crippen molar-refractivity contribution in [3.63, 3.8) is 0 Å². The number of hydrogen-bond acceptors (Lipinski definition) is 9. The second-order valence-electron chi connectivity index (χ2n) is 15.6. The molecule has 3 saturated heterocycles. The molecule has 3 aliphatic heterocycles. The van der Waals surface area contributed by atoms with Crippen molar-refractivity contribution in [1.29, 1.82) is 0 Å². The van der Waals surface area contributed by atoms with Gasteiger partial charge in [0, 0.05) is 31.3 Å². The molecular formula is C35H48N8O7. The monoisotopic (exact) mass is 692 g/mol. The van der Waals surface area contributed by atoms with E-state index in [4.69, 9.17) is 0 Å². The van der Waals surface area contributed by atoms with Gasteiger partial charge in [-0.05, 0) is 43.4 Å². The molecule has 2 saturated carbocycles. The summed E-state index contributed by atoms with van der Waals surface area (Å²) in [7, 11) is 0. The molecule has 15 nitrogen and oxygen atoms in total. The first kappa shape index (κ1) is 35.4. The van der Waals surface area contributed by atoms with Crippen molar-refractivity contribution in [2.24, 2.45) is 17.3 Å². The molecule has 5 N–H and O–H groups in total. The van der Waals surface area contributed by atoms with E-state index in [0.717, 1.165) is 38.5 Å². The Morgan fingerprint density at radius 1 is 1.06 bits per heavy atom. The smallest absolute Gasteiger partial charge is 0.330 e. The molecule has 270 valence electrons. The van der Waals surface area contributed by atoms with E-state index < -0.39 is 70.3 Å². The summed E-state index contributed by atoms with van der Waals surface area (Å²) < 4.78 is 0. The van der Waals surface area contributed by atoms with Gasteiger partial charge in [0.1, 0.15) is 35.0 Å². The van der Waals surface area contributed by atoms with Crippen LogP contribution in [-0.2, 0) is 24.0 Å². The molecule has 7 atom stereocenters. The predicted molar refractivity (Wildman–Crippen MR) is 179 cm³/mol. The van der Waals surface area contributed by atoms with E-state index in [2.05, 4.69) is 37.8 Å². The number of aliphatic carboxylic acids is 1. The molecule has 5 amide bonds. The van der Waals surface area contributed by atoms with Crippen LogP contribution < -0.4 is 21.3 Å². The SMILES string of the molecule is C=C[C@@H]1C[C@]1(NC(=O)C1CC2(CN1C(=O)C(NC(=O)[C@@H](NC(=O)c1cnccn1)C1CCCCC1)C(C)(C)C)NC(=O)[C@@H]1CCCN12)C(=O)O. The van der Waals surface area contributed by atoms with E-state index in [9.17, 15) is 33.9 Å². The predicted octanol–water partition coefficient (Wildman–Crippen LogP) is 0.723. The van der Waals surface area contributed by atoms with E-state index in [1.807, 2.05) is 4.90 Å². The normalized spacial score (nSPS) is 30.6. The molecule has 3 unspecified atom stereocenters. The number of fused-ring (bicyclic) bond motifs is 2. The summed E-state index contributed by atoms with van der Waals surface area (Å²) >= 11 is 0. The van der Waals surface area contributed by atoms with Gasteiger partial charge in [0.05, 0.1) is 18.8 Å². The van der Waals surface area contributed by atoms with Gasteiger partial charge in [-0.1, -0.05) is 46.1 Å². The Kier molecular flexibility index (Phi) is 9.48. The van der Waals surface area contributed by atoms with Gasteiger partial charge >= 0.3 is 5.97 Å². The van der Waals surface area contributed by atoms with Gasteiger partial charge in [0.2, 0.25) is 23.6 Å². The Balaban J connectivity index is 1.29. The summed E-state index contributed by atoms with van der Waals surface area (Å²) in [6, 6.07) is -3.59. The molecular weight excluding hydrogens is 644 g/mol. The molecule has 5 aliphatic rings. The molecule has 6 rings (SSSR count). The van der Waals surface area contributed by atoms with Crippen molar-refractivity contribution in [3.05, 3.63) is 36.9 Å². The molecule has 0 bridgehead atoms. The van der Waals surface area contributed by atoms with E-state index in [1.54, 1.807) is 20.8 Å². The highest BCUT2D eigenvalue weighted by Crippen LogP contribution is 2.46. The highest BCUT2D eigenvalue weighted by Gasteiger charge is 2.64. The third kappa shape index (κ3) is 6.47. The standard InChI is InChI=1S/C35H48N8O7/c1-5-21-16-35(21,32(49)50)41-29(46)24-17-34(40-28(45)23-12-9-15-43(23)34)19-42(24)31(48)26(33(2,3)4)39-30(47)25(20-10-7-6-8-11-20)38-27(44)22-18-36-13-14-37-22/h5,13-14,18,20-21,23-26H,1,6-12,15-17,19H2,2-4H3,(H,38,44)(H,39,47)(H,40,45)(H,41,46)(H,49,50)/t21-,23+,24?,25+,26?,34?,35-/m1/s1. The Morgan fingerprint density at radius 2 is 1.80 bits per heavy atom. The van der Waals surface area contributed by atoms with Gasteiger partial charge in [-0.25, -0.2) is 9.78 Å². The Bertz CT molecular complexity index is 1560. The lowest BCUT2D eigenvalue weighted by Gasteiger charge is -2.38. The number of nitrogens with zero attached hydrogens (tertiary/aromatic N) is 4. The first-order valence-electron chi connectivity index (χ1n) is 17.7. The van der Waals surface area contributed by atoms with Crippen molar-refractivity contribution >= 4 is 35.5 Å². The molecule has 0 aromatic carbocycles. The van der Waals surface area contributed by atoms with Gasteiger partial charge in [-0.15, -0.1) is 6.58 Å². The fourth-order valence-electron chi connectivity index (χ4n) is 8.45. The van der Waals surface area contributed by atoms with Crippen LogP contribution in [0.4, 0.5) is 0 Å². The van der Waals surface area contributed by atoms with Gasteiger partial charge in [0.25, 0.3) is 5.91 Å². The third-order valence-electron chi connectivity index (χ3n) is 11.3. The molecule has 4 heterocycles. The lowest BCUT2D eigenvalue weighted by atomic mass is 9.82. The third-order valence-corrected chi connectivity index (χ3v) is 11.3. The topological polar surface area (TPSA) is 203 Å². The van der Waals surface area contributed by atoms with Gasteiger partial charge in [0.15, 0.2) is 0 Å². The maximum Gasteiger partial charge on any atom is 0.330 e. The van der Waals surface area contributed by atoms with Crippen LogP contribution in [0.1, 0.15) is 89.0 Å². The minimum Gasteiger partial charge on any atom is -0.479 e. The number of carboxylic acid groups (broad SMARTS) is 1. The van der Waals surface area contributed by atoms with E-state index in [0.29, 0.717) is 13.0 Å². The lowest BCUT2D eigenvalue weighted by Crippen LogP contribution is -2.62. The van der Waals surface area contributed by atoms with Crippen LogP contribution in [0.3, 0.4) is 0 Å².